The highest BCUT2D eigenvalue weighted by atomic mass is 15.1. The summed E-state index contributed by atoms with van der Waals surface area (Å²) in [5.41, 5.74) is 2.96. The van der Waals surface area contributed by atoms with Gasteiger partial charge in [0.25, 0.3) is 0 Å². The monoisotopic (exact) mass is 205 g/mol. The molecule has 0 aliphatic rings. The van der Waals surface area contributed by atoms with Crippen molar-refractivity contribution in [3.63, 3.8) is 0 Å². The Balaban J connectivity index is 2.78. The van der Waals surface area contributed by atoms with Crippen LogP contribution in [0.2, 0.25) is 0 Å². The molecule has 0 spiro atoms. The number of hydrogen-bond acceptors (Lipinski definition) is 3. The maximum atomic E-state index is 4.07. The van der Waals surface area contributed by atoms with Crippen LogP contribution in [-0.2, 0) is 0 Å². The predicted molar refractivity (Wildman–Crippen MR) is 63.7 cm³/mol. The van der Waals surface area contributed by atoms with Crippen molar-refractivity contribution in [1.82, 2.24) is 10.2 Å². The SMILES string of the molecule is C=C(Nc1cnnc(C(C)C)c1)C(C)C. The van der Waals surface area contributed by atoms with Gasteiger partial charge in [0.05, 0.1) is 17.6 Å². The average Bonchev–Trinajstić information content (AvgIpc) is 2.18. The van der Waals surface area contributed by atoms with Crippen LogP contribution in [-0.4, -0.2) is 10.2 Å². The van der Waals surface area contributed by atoms with E-state index in [1.807, 2.05) is 6.07 Å². The first-order valence-electron chi connectivity index (χ1n) is 5.29. The summed E-state index contributed by atoms with van der Waals surface area (Å²) in [6.07, 6.45) is 1.72. The van der Waals surface area contributed by atoms with Gasteiger partial charge in [0, 0.05) is 5.70 Å². The number of nitrogens with zero attached hydrogens (tertiary/aromatic N) is 2. The minimum atomic E-state index is 0.395. The van der Waals surface area contributed by atoms with E-state index in [0.29, 0.717) is 11.8 Å². The molecule has 0 bridgehead atoms. The van der Waals surface area contributed by atoms with E-state index in [2.05, 4.69) is 49.8 Å². The molecule has 0 radical (unpaired) electrons. The molecule has 82 valence electrons. The van der Waals surface area contributed by atoms with Crippen LogP contribution in [0.25, 0.3) is 0 Å². The molecule has 0 amide bonds. The lowest BCUT2D eigenvalue weighted by molar-refractivity contribution is 0.770. The van der Waals surface area contributed by atoms with Crippen LogP contribution in [0.4, 0.5) is 5.69 Å². The van der Waals surface area contributed by atoms with E-state index in [1.165, 1.54) is 0 Å². The molecule has 0 aliphatic carbocycles. The Bertz CT molecular complexity index is 342. The van der Waals surface area contributed by atoms with Crippen LogP contribution in [0.5, 0.6) is 0 Å². The van der Waals surface area contributed by atoms with Crippen molar-refractivity contribution in [3.8, 4) is 0 Å². The van der Waals surface area contributed by atoms with E-state index in [4.69, 9.17) is 0 Å². The summed E-state index contributed by atoms with van der Waals surface area (Å²) >= 11 is 0. The maximum absolute atomic E-state index is 4.07. The van der Waals surface area contributed by atoms with Gasteiger partial charge in [0.2, 0.25) is 0 Å². The molecule has 0 atom stereocenters. The third-order valence-electron chi connectivity index (χ3n) is 2.27. The van der Waals surface area contributed by atoms with E-state index in [1.54, 1.807) is 6.20 Å². The summed E-state index contributed by atoms with van der Waals surface area (Å²) in [5, 5.41) is 11.3. The minimum absolute atomic E-state index is 0.395. The highest BCUT2D eigenvalue weighted by molar-refractivity contribution is 5.46. The fraction of sp³-hybridized carbons (Fsp3) is 0.500. The smallest absolute Gasteiger partial charge is 0.0731 e. The van der Waals surface area contributed by atoms with Crippen LogP contribution in [0.15, 0.2) is 24.5 Å². The van der Waals surface area contributed by atoms with Crippen molar-refractivity contribution < 1.29 is 0 Å². The Kier molecular flexibility index (Phi) is 3.83. The zero-order valence-electron chi connectivity index (χ0n) is 9.91. The molecule has 0 saturated carbocycles. The fourth-order valence-corrected chi connectivity index (χ4v) is 1.06. The molecule has 3 heteroatoms. The Morgan fingerprint density at radius 2 is 2.00 bits per heavy atom. The van der Waals surface area contributed by atoms with Crippen LogP contribution < -0.4 is 5.32 Å². The zero-order valence-corrected chi connectivity index (χ0v) is 9.91. The first-order valence-corrected chi connectivity index (χ1v) is 5.29. The summed E-state index contributed by atoms with van der Waals surface area (Å²) in [4.78, 5) is 0. The van der Waals surface area contributed by atoms with Gasteiger partial charge in [-0.3, -0.25) is 0 Å². The summed E-state index contributed by atoms with van der Waals surface area (Å²) in [5.74, 6) is 0.812. The molecule has 0 fully saturated rings. The third-order valence-corrected chi connectivity index (χ3v) is 2.27. The highest BCUT2D eigenvalue weighted by Gasteiger charge is 2.05. The van der Waals surface area contributed by atoms with Gasteiger partial charge in [-0.15, -0.1) is 0 Å². The molecular weight excluding hydrogens is 186 g/mol. The van der Waals surface area contributed by atoms with Crippen molar-refractivity contribution in [2.45, 2.75) is 33.6 Å². The molecule has 1 N–H and O–H groups in total. The first-order chi connectivity index (χ1) is 7.00. The quantitative estimate of drug-likeness (QED) is 0.820. The lowest BCUT2D eigenvalue weighted by Gasteiger charge is -2.13. The Labute approximate surface area is 91.6 Å². The number of allylic oxidation sites excluding steroid dienone is 1. The minimum Gasteiger partial charge on any atom is -0.358 e. The number of hydrogen-bond donors (Lipinski definition) is 1. The van der Waals surface area contributed by atoms with Crippen LogP contribution >= 0.6 is 0 Å². The zero-order chi connectivity index (χ0) is 11.4. The number of aromatic nitrogens is 2. The summed E-state index contributed by atoms with van der Waals surface area (Å²) in [6.45, 7) is 12.4. The first kappa shape index (κ1) is 11.7. The molecule has 1 heterocycles. The molecule has 1 aromatic heterocycles. The van der Waals surface area contributed by atoms with E-state index < -0.39 is 0 Å². The number of rotatable bonds is 4. The van der Waals surface area contributed by atoms with E-state index in [9.17, 15) is 0 Å². The van der Waals surface area contributed by atoms with Crippen molar-refractivity contribution in [3.05, 3.63) is 30.2 Å². The summed E-state index contributed by atoms with van der Waals surface area (Å²) in [6, 6.07) is 2.02. The summed E-state index contributed by atoms with van der Waals surface area (Å²) < 4.78 is 0. The maximum Gasteiger partial charge on any atom is 0.0731 e. The molecule has 1 aromatic rings. The highest BCUT2D eigenvalue weighted by Crippen LogP contribution is 2.17. The Hall–Kier alpha value is -1.38. The molecule has 1 rings (SSSR count). The average molecular weight is 205 g/mol. The molecule has 0 unspecified atom stereocenters. The topological polar surface area (TPSA) is 37.8 Å². The second-order valence-corrected chi connectivity index (χ2v) is 4.33. The van der Waals surface area contributed by atoms with Gasteiger partial charge in [-0.2, -0.15) is 10.2 Å². The normalized spacial score (nSPS) is 10.8. The second kappa shape index (κ2) is 4.91. The van der Waals surface area contributed by atoms with Gasteiger partial charge < -0.3 is 5.32 Å². The number of anilines is 1. The summed E-state index contributed by atoms with van der Waals surface area (Å²) in [7, 11) is 0. The van der Waals surface area contributed by atoms with Gasteiger partial charge in [0.1, 0.15) is 0 Å². The van der Waals surface area contributed by atoms with Crippen molar-refractivity contribution >= 4 is 5.69 Å². The second-order valence-electron chi connectivity index (χ2n) is 4.33. The lowest BCUT2D eigenvalue weighted by Crippen LogP contribution is -2.06. The molecule has 3 nitrogen and oxygen atoms in total. The number of nitrogens with one attached hydrogen (secondary N) is 1. The van der Waals surface area contributed by atoms with Crippen molar-refractivity contribution in [2.75, 3.05) is 5.32 Å². The van der Waals surface area contributed by atoms with E-state index in [0.717, 1.165) is 17.1 Å². The van der Waals surface area contributed by atoms with Gasteiger partial charge in [-0.25, -0.2) is 0 Å². The third kappa shape index (κ3) is 3.35. The molecular formula is C12H19N3. The van der Waals surface area contributed by atoms with Crippen molar-refractivity contribution in [2.24, 2.45) is 5.92 Å². The van der Waals surface area contributed by atoms with Gasteiger partial charge in [-0.05, 0) is 17.9 Å². The van der Waals surface area contributed by atoms with E-state index >= 15 is 0 Å². The standard InChI is InChI=1S/C12H19N3/c1-8(2)10(5)14-11-6-12(9(3)4)15-13-7-11/h6-9H,5H2,1-4H3,(H,14,15). The van der Waals surface area contributed by atoms with Gasteiger partial charge >= 0.3 is 0 Å². The molecule has 0 aromatic carbocycles. The van der Waals surface area contributed by atoms with Crippen LogP contribution in [0.1, 0.15) is 39.3 Å². The fourth-order valence-electron chi connectivity index (χ4n) is 1.06. The molecule has 0 saturated heterocycles. The lowest BCUT2D eigenvalue weighted by atomic mass is 10.1. The largest absolute Gasteiger partial charge is 0.358 e. The van der Waals surface area contributed by atoms with Gasteiger partial charge in [-0.1, -0.05) is 34.3 Å². The van der Waals surface area contributed by atoms with Crippen LogP contribution in [0.3, 0.4) is 0 Å². The Morgan fingerprint density at radius 3 is 2.53 bits per heavy atom. The van der Waals surface area contributed by atoms with Crippen molar-refractivity contribution in [1.29, 1.82) is 0 Å². The van der Waals surface area contributed by atoms with Crippen LogP contribution in [0, 0.1) is 5.92 Å². The van der Waals surface area contributed by atoms with E-state index in [-0.39, 0.29) is 0 Å². The van der Waals surface area contributed by atoms with Gasteiger partial charge in [0.15, 0.2) is 0 Å². The molecule has 0 aliphatic heterocycles. The Morgan fingerprint density at radius 1 is 1.33 bits per heavy atom. The molecule has 15 heavy (non-hydrogen) atoms. The predicted octanol–water partition coefficient (Wildman–Crippen LogP) is 3.18.